The van der Waals surface area contributed by atoms with E-state index in [1.54, 1.807) is 12.1 Å². The lowest BCUT2D eigenvalue weighted by Crippen LogP contribution is -2.30. The van der Waals surface area contributed by atoms with Crippen LogP contribution in [0.1, 0.15) is 17.2 Å². The molecule has 5 N–H and O–H groups in total. The molecule has 1 atom stereocenters. The first-order valence-electron chi connectivity index (χ1n) is 5.85. The fraction of sp³-hybridized carbons (Fsp3) is 0.143. The molecule has 0 fully saturated rings. The van der Waals surface area contributed by atoms with Gasteiger partial charge in [-0.05, 0) is 41.8 Å². The number of hydrazine groups is 1. The standard InChI is InChI=1S/C14H15Cl2N3/c15-10-3-1-2-9(6-10)7-14(19-18)12-5-4-11(16)8-13(12)17/h1-6,8,14,19H,7,17-18H2. The number of nitrogen functional groups attached to an aromatic ring is 1. The molecule has 100 valence electrons. The molecule has 0 saturated heterocycles. The van der Waals surface area contributed by atoms with Gasteiger partial charge in [-0.15, -0.1) is 0 Å². The number of benzene rings is 2. The molecule has 0 amide bonds. The van der Waals surface area contributed by atoms with Gasteiger partial charge in [0.2, 0.25) is 0 Å². The van der Waals surface area contributed by atoms with E-state index in [4.69, 9.17) is 34.8 Å². The topological polar surface area (TPSA) is 64.1 Å². The summed E-state index contributed by atoms with van der Waals surface area (Å²) >= 11 is 11.9. The predicted molar refractivity (Wildman–Crippen MR) is 81.1 cm³/mol. The van der Waals surface area contributed by atoms with Crippen molar-refractivity contribution >= 4 is 28.9 Å². The fourth-order valence-corrected chi connectivity index (χ4v) is 2.41. The molecule has 2 rings (SSSR count). The average molecular weight is 296 g/mol. The summed E-state index contributed by atoms with van der Waals surface area (Å²) in [4.78, 5) is 0. The van der Waals surface area contributed by atoms with Crippen LogP contribution >= 0.6 is 23.2 Å². The van der Waals surface area contributed by atoms with E-state index in [1.807, 2.05) is 30.3 Å². The van der Waals surface area contributed by atoms with Crippen molar-refractivity contribution in [1.29, 1.82) is 0 Å². The Kier molecular flexibility index (Phi) is 4.66. The molecule has 0 aromatic heterocycles. The third kappa shape index (κ3) is 3.61. The number of hydrogen-bond donors (Lipinski definition) is 3. The van der Waals surface area contributed by atoms with E-state index >= 15 is 0 Å². The van der Waals surface area contributed by atoms with Crippen molar-refractivity contribution in [2.45, 2.75) is 12.5 Å². The number of rotatable bonds is 4. The molecule has 0 spiro atoms. The largest absolute Gasteiger partial charge is 0.398 e. The Morgan fingerprint density at radius 2 is 1.79 bits per heavy atom. The van der Waals surface area contributed by atoms with Gasteiger partial charge in [0.1, 0.15) is 0 Å². The Labute approximate surface area is 122 Å². The van der Waals surface area contributed by atoms with Gasteiger partial charge in [-0.1, -0.05) is 41.4 Å². The average Bonchev–Trinajstić information content (AvgIpc) is 2.37. The normalized spacial score (nSPS) is 12.4. The van der Waals surface area contributed by atoms with E-state index in [1.165, 1.54) is 0 Å². The summed E-state index contributed by atoms with van der Waals surface area (Å²) in [6.45, 7) is 0. The molecule has 0 aliphatic rings. The third-order valence-corrected chi connectivity index (χ3v) is 3.42. The minimum absolute atomic E-state index is 0.0873. The molecule has 0 heterocycles. The maximum absolute atomic E-state index is 5.98. The van der Waals surface area contributed by atoms with Gasteiger partial charge in [-0.3, -0.25) is 11.3 Å². The minimum atomic E-state index is -0.0873. The summed E-state index contributed by atoms with van der Waals surface area (Å²) in [5, 5.41) is 1.32. The zero-order valence-electron chi connectivity index (χ0n) is 10.2. The highest BCUT2D eigenvalue weighted by Gasteiger charge is 2.14. The summed E-state index contributed by atoms with van der Waals surface area (Å²) in [5.41, 5.74) is 11.4. The third-order valence-electron chi connectivity index (χ3n) is 2.95. The van der Waals surface area contributed by atoms with E-state index in [2.05, 4.69) is 5.43 Å². The van der Waals surface area contributed by atoms with Crippen LogP contribution in [0.3, 0.4) is 0 Å². The van der Waals surface area contributed by atoms with Crippen LogP contribution in [-0.4, -0.2) is 0 Å². The quantitative estimate of drug-likeness (QED) is 0.461. The number of anilines is 1. The molecule has 0 bridgehead atoms. The van der Waals surface area contributed by atoms with E-state index in [9.17, 15) is 0 Å². The monoisotopic (exact) mass is 295 g/mol. The van der Waals surface area contributed by atoms with Gasteiger partial charge in [-0.25, -0.2) is 0 Å². The van der Waals surface area contributed by atoms with Gasteiger partial charge < -0.3 is 5.73 Å². The first kappa shape index (κ1) is 14.2. The van der Waals surface area contributed by atoms with E-state index in [0.717, 1.165) is 11.1 Å². The highest BCUT2D eigenvalue weighted by molar-refractivity contribution is 6.31. The maximum atomic E-state index is 5.98. The van der Waals surface area contributed by atoms with Crippen molar-refractivity contribution in [2.24, 2.45) is 5.84 Å². The van der Waals surface area contributed by atoms with E-state index < -0.39 is 0 Å². The van der Waals surface area contributed by atoms with Crippen molar-refractivity contribution in [3.05, 3.63) is 63.6 Å². The van der Waals surface area contributed by atoms with Gasteiger partial charge in [0.05, 0.1) is 6.04 Å². The second-order valence-electron chi connectivity index (χ2n) is 4.33. The molecule has 1 unspecified atom stereocenters. The zero-order valence-corrected chi connectivity index (χ0v) is 11.7. The van der Waals surface area contributed by atoms with Crippen molar-refractivity contribution < 1.29 is 0 Å². The summed E-state index contributed by atoms with van der Waals surface area (Å²) in [7, 11) is 0. The maximum Gasteiger partial charge on any atom is 0.0520 e. The lowest BCUT2D eigenvalue weighted by Gasteiger charge is -2.18. The van der Waals surface area contributed by atoms with Crippen LogP contribution in [-0.2, 0) is 6.42 Å². The molecule has 19 heavy (non-hydrogen) atoms. The Bertz CT molecular complexity index is 572. The Hall–Kier alpha value is -1.26. The molecule has 0 radical (unpaired) electrons. The molecule has 3 nitrogen and oxygen atoms in total. The Morgan fingerprint density at radius 1 is 1.05 bits per heavy atom. The molecular formula is C14H15Cl2N3. The number of halogens is 2. The van der Waals surface area contributed by atoms with Gasteiger partial charge in [0.15, 0.2) is 0 Å². The Morgan fingerprint density at radius 3 is 2.42 bits per heavy atom. The van der Waals surface area contributed by atoms with E-state index in [0.29, 0.717) is 22.2 Å². The fourth-order valence-electron chi connectivity index (χ4n) is 2.02. The van der Waals surface area contributed by atoms with Crippen LogP contribution in [0.25, 0.3) is 0 Å². The molecular weight excluding hydrogens is 281 g/mol. The van der Waals surface area contributed by atoms with Gasteiger partial charge >= 0.3 is 0 Å². The van der Waals surface area contributed by atoms with E-state index in [-0.39, 0.29) is 6.04 Å². The zero-order chi connectivity index (χ0) is 13.8. The number of hydrogen-bond acceptors (Lipinski definition) is 3. The first-order chi connectivity index (χ1) is 9.10. The van der Waals surface area contributed by atoms with Crippen LogP contribution < -0.4 is 17.0 Å². The van der Waals surface area contributed by atoms with Crippen LogP contribution in [0, 0.1) is 0 Å². The molecule has 0 aliphatic heterocycles. The summed E-state index contributed by atoms with van der Waals surface area (Å²) in [6, 6.07) is 13.0. The number of nitrogens with one attached hydrogen (secondary N) is 1. The predicted octanol–water partition coefficient (Wildman–Crippen LogP) is 3.32. The number of nitrogens with two attached hydrogens (primary N) is 2. The van der Waals surface area contributed by atoms with Crippen LogP contribution in [0.5, 0.6) is 0 Å². The SMILES string of the molecule is NNC(Cc1cccc(Cl)c1)c1ccc(Cl)cc1N. The lowest BCUT2D eigenvalue weighted by molar-refractivity contribution is 0.553. The minimum Gasteiger partial charge on any atom is -0.398 e. The smallest absolute Gasteiger partial charge is 0.0520 e. The highest BCUT2D eigenvalue weighted by Crippen LogP contribution is 2.26. The molecule has 0 aliphatic carbocycles. The van der Waals surface area contributed by atoms with Crippen LogP contribution in [0.4, 0.5) is 5.69 Å². The molecule has 5 heteroatoms. The summed E-state index contributed by atoms with van der Waals surface area (Å²) in [6.07, 6.45) is 0.697. The first-order valence-corrected chi connectivity index (χ1v) is 6.61. The molecule has 2 aromatic rings. The van der Waals surface area contributed by atoms with Crippen molar-refractivity contribution in [3.63, 3.8) is 0 Å². The summed E-state index contributed by atoms with van der Waals surface area (Å²) < 4.78 is 0. The van der Waals surface area contributed by atoms with Gasteiger partial charge in [0, 0.05) is 15.7 Å². The van der Waals surface area contributed by atoms with Crippen LogP contribution in [0.15, 0.2) is 42.5 Å². The van der Waals surface area contributed by atoms with Crippen molar-refractivity contribution in [1.82, 2.24) is 5.43 Å². The second kappa shape index (κ2) is 6.26. The van der Waals surface area contributed by atoms with Gasteiger partial charge in [-0.2, -0.15) is 0 Å². The molecule has 0 saturated carbocycles. The van der Waals surface area contributed by atoms with Crippen molar-refractivity contribution in [2.75, 3.05) is 5.73 Å². The van der Waals surface area contributed by atoms with Crippen molar-refractivity contribution in [3.8, 4) is 0 Å². The van der Waals surface area contributed by atoms with Crippen LogP contribution in [0.2, 0.25) is 10.0 Å². The highest BCUT2D eigenvalue weighted by atomic mass is 35.5. The summed E-state index contributed by atoms with van der Waals surface area (Å²) in [5.74, 6) is 5.63. The molecule has 2 aromatic carbocycles. The van der Waals surface area contributed by atoms with Gasteiger partial charge in [0.25, 0.3) is 0 Å². The lowest BCUT2D eigenvalue weighted by atomic mass is 9.98. The Balaban J connectivity index is 2.25. The second-order valence-corrected chi connectivity index (χ2v) is 5.20.